The van der Waals surface area contributed by atoms with E-state index in [4.69, 9.17) is 0 Å². The van der Waals surface area contributed by atoms with E-state index in [-0.39, 0.29) is 5.95 Å². The number of nitrogens with zero attached hydrogens (tertiary/aromatic N) is 3. The van der Waals surface area contributed by atoms with Gasteiger partial charge in [0.1, 0.15) is 5.82 Å². The van der Waals surface area contributed by atoms with E-state index in [1.54, 1.807) is 10.8 Å². The number of anilines is 2. The topological polar surface area (TPSA) is 59.8 Å². The van der Waals surface area contributed by atoms with Gasteiger partial charge in [-0.05, 0) is 23.6 Å². The molecule has 0 spiro atoms. The predicted molar refractivity (Wildman–Crippen MR) is 90.9 cm³/mol. The number of aromatic nitrogens is 3. The Bertz CT molecular complexity index is 893. The number of benzene rings is 1. The van der Waals surface area contributed by atoms with Crippen molar-refractivity contribution in [1.29, 1.82) is 0 Å². The number of halogens is 1. The summed E-state index contributed by atoms with van der Waals surface area (Å²) >= 11 is 0. The van der Waals surface area contributed by atoms with Gasteiger partial charge in [0.15, 0.2) is 0 Å². The first-order chi connectivity index (χ1) is 11.7. The highest BCUT2D eigenvalue weighted by Gasteiger charge is 2.11. The Balaban J connectivity index is 2.00. The molecule has 0 atom stereocenters. The zero-order chi connectivity index (χ0) is 16.9. The maximum atomic E-state index is 13.7. The highest BCUT2D eigenvalue weighted by molar-refractivity contribution is 5.53. The van der Waals surface area contributed by atoms with Crippen molar-refractivity contribution in [3.63, 3.8) is 0 Å². The van der Waals surface area contributed by atoms with E-state index in [0.717, 1.165) is 17.5 Å². The molecule has 122 valence electrons. The number of pyridine rings is 1. The molecule has 1 aromatic carbocycles. The van der Waals surface area contributed by atoms with Crippen LogP contribution in [0.4, 0.5) is 16.2 Å². The van der Waals surface area contributed by atoms with E-state index in [2.05, 4.69) is 15.3 Å². The predicted octanol–water partition coefficient (Wildman–Crippen LogP) is 3.13. The van der Waals surface area contributed by atoms with Gasteiger partial charge in [-0.2, -0.15) is 9.37 Å². The van der Waals surface area contributed by atoms with E-state index in [1.165, 1.54) is 6.20 Å². The summed E-state index contributed by atoms with van der Waals surface area (Å²) in [5.74, 6) is -0.00723. The number of hydrogen-bond acceptors (Lipinski definition) is 4. The van der Waals surface area contributed by atoms with Crippen molar-refractivity contribution in [1.82, 2.24) is 14.5 Å². The largest absolute Gasteiger partial charge is 0.311 e. The van der Waals surface area contributed by atoms with Crippen LogP contribution in [-0.2, 0) is 13.0 Å². The summed E-state index contributed by atoms with van der Waals surface area (Å²) in [6.45, 7) is 2.40. The van der Waals surface area contributed by atoms with E-state index in [1.807, 2.05) is 49.4 Å². The summed E-state index contributed by atoms with van der Waals surface area (Å²) in [6.07, 6.45) is 3.60. The van der Waals surface area contributed by atoms with Crippen LogP contribution in [0, 0.1) is 5.82 Å². The molecule has 2 aromatic heterocycles. The van der Waals surface area contributed by atoms with E-state index in [9.17, 15) is 9.18 Å². The first-order valence-electron chi connectivity index (χ1n) is 7.69. The van der Waals surface area contributed by atoms with Crippen molar-refractivity contribution in [3.05, 3.63) is 82.2 Å². The average Bonchev–Trinajstić information content (AvgIpc) is 2.60. The van der Waals surface area contributed by atoms with Gasteiger partial charge < -0.3 is 9.88 Å². The number of aryl methyl sites for hydroxylation is 1. The molecule has 3 aromatic rings. The van der Waals surface area contributed by atoms with Gasteiger partial charge in [-0.3, -0.25) is 4.79 Å². The lowest BCUT2D eigenvalue weighted by molar-refractivity contribution is 0.579. The van der Waals surface area contributed by atoms with E-state index in [0.29, 0.717) is 12.4 Å². The molecule has 1 N–H and O–H groups in total. The molecule has 6 heteroatoms. The van der Waals surface area contributed by atoms with Crippen LogP contribution < -0.4 is 10.9 Å². The van der Waals surface area contributed by atoms with Crippen LogP contribution in [0.25, 0.3) is 0 Å². The minimum atomic E-state index is -0.893. The normalized spacial score (nSPS) is 10.6. The van der Waals surface area contributed by atoms with Crippen LogP contribution in [0.3, 0.4) is 0 Å². The van der Waals surface area contributed by atoms with Crippen molar-refractivity contribution in [2.45, 2.75) is 19.9 Å². The summed E-state index contributed by atoms with van der Waals surface area (Å²) < 4.78 is 15.3. The van der Waals surface area contributed by atoms with Crippen molar-refractivity contribution in [3.8, 4) is 0 Å². The van der Waals surface area contributed by atoms with Crippen molar-refractivity contribution in [2.75, 3.05) is 5.32 Å². The molecule has 0 radical (unpaired) electrons. The Labute approximate surface area is 138 Å². The molecule has 5 nitrogen and oxygen atoms in total. The van der Waals surface area contributed by atoms with Gasteiger partial charge in [0.2, 0.25) is 11.8 Å². The second-order valence-electron chi connectivity index (χ2n) is 5.32. The molecule has 0 unspecified atom stereocenters. The Kier molecular flexibility index (Phi) is 4.65. The summed E-state index contributed by atoms with van der Waals surface area (Å²) in [6, 6.07) is 13.4. The van der Waals surface area contributed by atoms with Crippen LogP contribution in [0.15, 0.2) is 59.7 Å². The molecular formula is C18H17FN4O. The quantitative estimate of drug-likeness (QED) is 0.783. The fourth-order valence-electron chi connectivity index (χ4n) is 2.41. The third kappa shape index (κ3) is 3.48. The fourth-order valence-corrected chi connectivity index (χ4v) is 2.41. The Morgan fingerprint density at radius 3 is 2.71 bits per heavy atom. The Hall–Kier alpha value is -3.02. The van der Waals surface area contributed by atoms with Crippen LogP contribution in [0.5, 0.6) is 0 Å². The zero-order valence-corrected chi connectivity index (χ0v) is 13.2. The minimum absolute atomic E-state index is 0.263. The van der Waals surface area contributed by atoms with Crippen molar-refractivity contribution >= 4 is 11.8 Å². The molecule has 2 heterocycles. The van der Waals surface area contributed by atoms with Crippen LogP contribution in [-0.4, -0.2) is 14.5 Å². The monoisotopic (exact) mass is 324 g/mol. The molecule has 0 saturated carbocycles. The van der Waals surface area contributed by atoms with Crippen LogP contribution >= 0.6 is 0 Å². The van der Waals surface area contributed by atoms with Gasteiger partial charge in [-0.25, -0.2) is 4.98 Å². The van der Waals surface area contributed by atoms with Gasteiger partial charge >= 0.3 is 5.56 Å². The Morgan fingerprint density at radius 2 is 1.96 bits per heavy atom. The molecule has 0 amide bonds. The first kappa shape index (κ1) is 15.9. The molecule has 24 heavy (non-hydrogen) atoms. The standard InChI is InChI=1S/C18H17FN4O/c1-2-14-9-6-10-20-16(14)21-18-22-17(24)15(19)12-23(18)11-13-7-4-3-5-8-13/h3-10,12H,2,11H2,1H3,(H,20,21,22,24). The third-order valence-electron chi connectivity index (χ3n) is 3.65. The second-order valence-corrected chi connectivity index (χ2v) is 5.32. The smallest absolute Gasteiger partial charge is 0.310 e. The summed E-state index contributed by atoms with van der Waals surface area (Å²) in [5.41, 5.74) is 1.07. The minimum Gasteiger partial charge on any atom is -0.311 e. The lowest BCUT2D eigenvalue weighted by Crippen LogP contribution is -2.20. The van der Waals surface area contributed by atoms with Crippen LogP contribution in [0.2, 0.25) is 0 Å². The highest BCUT2D eigenvalue weighted by Crippen LogP contribution is 2.17. The number of hydrogen-bond donors (Lipinski definition) is 1. The van der Waals surface area contributed by atoms with Crippen molar-refractivity contribution in [2.24, 2.45) is 0 Å². The van der Waals surface area contributed by atoms with E-state index < -0.39 is 11.4 Å². The Morgan fingerprint density at radius 1 is 1.17 bits per heavy atom. The zero-order valence-electron chi connectivity index (χ0n) is 13.2. The molecule has 0 aliphatic carbocycles. The highest BCUT2D eigenvalue weighted by atomic mass is 19.1. The lowest BCUT2D eigenvalue weighted by Gasteiger charge is -2.15. The number of rotatable bonds is 5. The van der Waals surface area contributed by atoms with Gasteiger partial charge in [0.25, 0.3) is 0 Å². The van der Waals surface area contributed by atoms with Gasteiger partial charge in [0, 0.05) is 12.4 Å². The summed E-state index contributed by atoms with van der Waals surface area (Å²) in [7, 11) is 0. The number of nitrogens with one attached hydrogen (secondary N) is 1. The lowest BCUT2D eigenvalue weighted by atomic mass is 10.2. The molecule has 0 aliphatic heterocycles. The fraction of sp³-hybridized carbons (Fsp3) is 0.167. The third-order valence-corrected chi connectivity index (χ3v) is 3.65. The summed E-state index contributed by atoms with van der Waals surface area (Å²) in [4.78, 5) is 19.7. The maximum absolute atomic E-state index is 13.7. The van der Waals surface area contributed by atoms with E-state index >= 15 is 0 Å². The van der Waals surface area contributed by atoms with Gasteiger partial charge in [-0.1, -0.05) is 43.3 Å². The van der Waals surface area contributed by atoms with Gasteiger partial charge in [0.05, 0.1) is 6.54 Å². The molecule has 0 saturated heterocycles. The van der Waals surface area contributed by atoms with Gasteiger partial charge in [-0.15, -0.1) is 0 Å². The SMILES string of the molecule is CCc1cccnc1Nc1nc(=O)c(F)cn1Cc1ccccc1. The van der Waals surface area contributed by atoms with Crippen LogP contribution in [0.1, 0.15) is 18.1 Å². The molecule has 0 bridgehead atoms. The molecule has 0 fully saturated rings. The summed E-state index contributed by atoms with van der Waals surface area (Å²) in [5, 5.41) is 3.05. The van der Waals surface area contributed by atoms with Crippen molar-refractivity contribution < 1.29 is 4.39 Å². The molecule has 0 aliphatic rings. The molecule has 3 rings (SSSR count). The average molecular weight is 324 g/mol. The first-order valence-corrected chi connectivity index (χ1v) is 7.69. The second kappa shape index (κ2) is 7.04. The maximum Gasteiger partial charge on any atom is 0.310 e. The molecular weight excluding hydrogens is 307 g/mol.